The van der Waals surface area contributed by atoms with Gasteiger partial charge in [-0.2, -0.15) is 5.10 Å². The molecule has 2 N–H and O–H groups in total. The second-order valence-electron chi connectivity index (χ2n) is 6.35. The summed E-state index contributed by atoms with van der Waals surface area (Å²) < 4.78 is 5.39. The summed E-state index contributed by atoms with van der Waals surface area (Å²) >= 11 is 0. The van der Waals surface area contributed by atoms with E-state index in [4.69, 9.17) is 4.74 Å². The second kappa shape index (κ2) is 7.59. The van der Waals surface area contributed by atoms with Crippen molar-refractivity contribution < 1.29 is 9.84 Å². The molecule has 3 aromatic rings. The van der Waals surface area contributed by atoms with E-state index >= 15 is 0 Å². The van der Waals surface area contributed by atoms with Crippen molar-refractivity contribution in [2.24, 2.45) is 5.10 Å². The number of nitrogens with zero attached hydrogens (tertiary/aromatic N) is 4. The number of phenolic OH excluding ortho intramolecular Hbond substituents is 1. The van der Waals surface area contributed by atoms with Gasteiger partial charge in [0.1, 0.15) is 17.4 Å². The molecule has 2 heterocycles. The van der Waals surface area contributed by atoms with Crippen molar-refractivity contribution >= 4 is 28.6 Å². The van der Waals surface area contributed by atoms with Crippen LogP contribution in [0.2, 0.25) is 0 Å². The maximum absolute atomic E-state index is 10.2. The molecule has 1 saturated heterocycles. The van der Waals surface area contributed by atoms with E-state index < -0.39 is 0 Å². The van der Waals surface area contributed by atoms with Crippen LogP contribution in [-0.2, 0) is 4.74 Å². The van der Waals surface area contributed by atoms with Crippen molar-refractivity contribution in [1.29, 1.82) is 0 Å². The van der Waals surface area contributed by atoms with Gasteiger partial charge >= 0.3 is 0 Å². The lowest BCUT2D eigenvalue weighted by Gasteiger charge is -2.28. The standard InChI is InChI=1S/C20H21N5O2/c1-14-22-19(12-20(23-14)25-8-10-27-11-9-25)24-21-13-17-16-5-3-2-4-15(16)6-7-18(17)26/h2-7,12-13,26H,8-11H2,1H3,(H,22,23,24)/b21-13+. The molecule has 1 aliphatic rings. The number of aryl methyl sites for hydroxylation is 1. The number of rotatable bonds is 4. The van der Waals surface area contributed by atoms with E-state index in [1.807, 2.05) is 43.3 Å². The third-order valence-corrected chi connectivity index (χ3v) is 4.48. The van der Waals surface area contributed by atoms with Gasteiger partial charge in [-0.05, 0) is 23.8 Å². The van der Waals surface area contributed by atoms with Crippen LogP contribution in [0.3, 0.4) is 0 Å². The fourth-order valence-corrected chi connectivity index (χ4v) is 3.15. The first kappa shape index (κ1) is 17.2. The Morgan fingerprint density at radius 1 is 1.15 bits per heavy atom. The van der Waals surface area contributed by atoms with E-state index in [0.717, 1.165) is 29.7 Å². The molecular weight excluding hydrogens is 342 g/mol. The third kappa shape index (κ3) is 3.83. The Bertz CT molecular complexity index is 983. The fourth-order valence-electron chi connectivity index (χ4n) is 3.15. The highest BCUT2D eigenvalue weighted by molar-refractivity contribution is 6.02. The molecule has 1 aliphatic heterocycles. The van der Waals surface area contributed by atoms with Gasteiger partial charge in [-0.25, -0.2) is 9.97 Å². The van der Waals surface area contributed by atoms with Crippen molar-refractivity contribution in [3.05, 3.63) is 53.9 Å². The van der Waals surface area contributed by atoms with Crippen LogP contribution in [0.4, 0.5) is 11.6 Å². The molecule has 0 spiro atoms. The number of hydrazone groups is 1. The molecule has 1 aromatic heterocycles. The number of aromatic nitrogens is 2. The summed E-state index contributed by atoms with van der Waals surface area (Å²) in [5.41, 5.74) is 3.62. The van der Waals surface area contributed by atoms with Crippen LogP contribution in [0, 0.1) is 6.92 Å². The Morgan fingerprint density at radius 3 is 2.81 bits per heavy atom. The van der Waals surface area contributed by atoms with Gasteiger partial charge < -0.3 is 14.7 Å². The molecule has 27 heavy (non-hydrogen) atoms. The molecule has 7 heteroatoms. The highest BCUT2D eigenvalue weighted by Gasteiger charge is 2.14. The summed E-state index contributed by atoms with van der Waals surface area (Å²) in [4.78, 5) is 11.1. The zero-order valence-corrected chi connectivity index (χ0v) is 15.1. The van der Waals surface area contributed by atoms with Crippen LogP contribution >= 0.6 is 0 Å². The van der Waals surface area contributed by atoms with Gasteiger partial charge in [0, 0.05) is 24.7 Å². The SMILES string of the molecule is Cc1nc(N/N=C/c2c(O)ccc3ccccc23)cc(N2CCOCC2)n1. The molecule has 0 amide bonds. The lowest BCUT2D eigenvalue weighted by atomic mass is 10.0. The van der Waals surface area contributed by atoms with Crippen LogP contribution in [0.25, 0.3) is 10.8 Å². The summed E-state index contributed by atoms with van der Waals surface area (Å²) in [5, 5.41) is 16.5. The first-order chi connectivity index (χ1) is 13.2. The number of nitrogens with one attached hydrogen (secondary N) is 1. The summed E-state index contributed by atoms with van der Waals surface area (Å²) in [5.74, 6) is 2.33. The van der Waals surface area contributed by atoms with Gasteiger partial charge in [-0.3, -0.25) is 5.43 Å². The number of morpholine rings is 1. The average Bonchev–Trinajstić information content (AvgIpc) is 2.70. The highest BCUT2D eigenvalue weighted by Crippen LogP contribution is 2.25. The van der Waals surface area contributed by atoms with Crippen LogP contribution < -0.4 is 10.3 Å². The highest BCUT2D eigenvalue weighted by atomic mass is 16.5. The van der Waals surface area contributed by atoms with Gasteiger partial charge in [-0.1, -0.05) is 30.3 Å². The van der Waals surface area contributed by atoms with Crippen molar-refractivity contribution in [3.63, 3.8) is 0 Å². The third-order valence-electron chi connectivity index (χ3n) is 4.48. The Kier molecular flexibility index (Phi) is 4.84. The van der Waals surface area contributed by atoms with E-state index in [2.05, 4.69) is 25.4 Å². The zero-order valence-electron chi connectivity index (χ0n) is 15.1. The van der Waals surface area contributed by atoms with Gasteiger partial charge in [0.05, 0.1) is 19.4 Å². The lowest BCUT2D eigenvalue weighted by molar-refractivity contribution is 0.122. The number of fused-ring (bicyclic) bond motifs is 1. The summed E-state index contributed by atoms with van der Waals surface area (Å²) in [6.45, 7) is 4.87. The molecule has 2 aromatic carbocycles. The van der Waals surface area contributed by atoms with Crippen LogP contribution in [-0.4, -0.2) is 47.6 Å². The minimum atomic E-state index is 0.187. The first-order valence-electron chi connectivity index (χ1n) is 8.89. The van der Waals surface area contributed by atoms with Crippen molar-refractivity contribution in [1.82, 2.24) is 9.97 Å². The Hall–Kier alpha value is -3.19. The normalized spacial score (nSPS) is 14.8. The number of benzene rings is 2. The largest absolute Gasteiger partial charge is 0.507 e. The van der Waals surface area contributed by atoms with E-state index in [-0.39, 0.29) is 5.75 Å². The van der Waals surface area contributed by atoms with Gasteiger partial charge in [0.2, 0.25) is 0 Å². The van der Waals surface area contributed by atoms with E-state index in [0.29, 0.717) is 30.4 Å². The number of hydrogen-bond acceptors (Lipinski definition) is 7. The molecule has 0 radical (unpaired) electrons. The first-order valence-corrected chi connectivity index (χ1v) is 8.89. The topological polar surface area (TPSA) is 82.9 Å². The molecule has 0 aliphatic carbocycles. The number of aromatic hydroxyl groups is 1. The number of anilines is 2. The Labute approximate surface area is 157 Å². The van der Waals surface area contributed by atoms with Gasteiger partial charge in [-0.15, -0.1) is 0 Å². The smallest absolute Gasteiger partial charge is 0.152 e. The molecule has 0 saturated carbocycles. The molecule has 4 rings (SSSR count). The molecular formula is C20H21N5O2. The van der Waals surface area contributed by atoms with Crippen molar-refractivity contribution in [2.45, 2.75) is 6.92 Å². The second-order valence-corrected chi connectivity index (χ2v) is 6.35. The predicted molar refractivity (Wildman–Crippen MR) is 107 cm³/mol. The Balaban J connectivity index is 1.57. The minimum absolute atomic E-state index is 0.187. The molecule has 0 atom stereocenters. The molecule has 138 valence electrons. The number of ether oxygens (including phenoxy) is 1. The van der Waals surface area contributed by atoms with Crippen molar-refractivity contribution in [2.75, 3.05) is 36.6 Å². The number of hydrogen-bond donors (Lipinski definition) is 2. The van der Waals surface area contributed by atoms with Crippen LogP contribution in [0.15, 0.2) is 47.6 Å². The summed E-state index contributed by atoms with van der Waals surface area (Å²) in [6, 6.07) is 13.3. The van der Waals surface area contributed by atoms with Crippen LogP contribution in [0.5, 0.6) is 5.75 Å². The Morgan fingerprint density at radius 2 is 1.96 bits per heavy atom. The van der Waals surface area contributed by atoms with Crippen LogP contribution in [0.1, 0.15) is 11.4 Å². The summed E-state index contributed by atoms with van der Waals surface area (Å²) in [7, 11) is 0. The molecule has 0 unspecified atom stereocenters. The van der Waals surface area contributed by atoms with Gasteiger partial charge in [0.15, 0.2) is 5.82 Å². The van der Waals surface area contributed by atoms with Gasteiger partial charge in [0.25, 0.3) is 0 Å². The average molecular weight is 363 g/mol. The quantitative estimate of drug-likeness (QED) is 0.548. The molecule has 7 nitrogen and oxygen atoms in total. The fraction of sp³-hybridized carbons (Fsp3) is 0.250. The maximum Gasteiger partial charge on any atom is 0.152 e. The van der Waals surface area contributed by atoms with E-state index in [9.17, 15) is 5.11 Å². The van der Waals surface area contributed by atoms with E-state index in [1.54, 1.807) is 12.3 Å². The zero-order chi connectivity index (χ0) is 18.6. The maximum atomic E-state index is 10.2. The minimum Gasteiger partial charge on any atom is -0.507 e. The molecule has 0 bridgehead atoms. The van der Waals surface area contributed by atoms with Crippen molar-refractivity contribution in [3.8, 4) is 5.75 Å². The summed E-state index contributed by atoms with van der Waals surface area (Å²) in [6.07, 6.45) is 1.61. The number of phenols is 1. The van der Waals surface area contributed by atoms with E-state index in [1.165, 1.54) is 0 Å². The predicted octanol–water partition coefficient (Wildman–Crippen LogP) is 2.93. The lowest BCUT2D eigenvalue weighted by Crippen LogP contribution is -2.36. The molecule has 1 fully saturated rings. The monoisotopic (exact) mass is 363 g/mol.